The maximum Gasteiger partial charge on any atom is 0.243 e. The van der Waals surface area contributed by atoms with Crippen molar-refractivity contribution in [2.24, 2.45) is 0 Å². The van der Waals surface area contributed by atoms with Gasteiger partial charge in [-0.1, -0.05) is 97.3 Å². The van der Waals surface area contributed by atoms with Crippen molar-refractivity contribution in [3.05, 3.63) is 106 Å². The fourth-order valence-corrected chi connectivity index (χ4v) is 4.32. The summed E-state index contributed by atoms with van der Waals surface area (Å²) in [5.41, 5.74) is 6.43. The van der Waals surface area contributed by atoms with Gasteiger partial charge in [0, 0.05) is 19.5 Å². The van der Waals surface area contributed by atoms with Crippen LogP contribution in [0.25, 0.3) is 0 Å². The molecule has 0 aromatic heterocycles. The van der Waals surface area contributed by atoms with Crippen LogP contribution >= 0.6 is 0 Å². The fraction of sp³-hybridized carbons (Fsp3) is 0.355. The largest absolute Gasteiger partial charge is 0.354 e. The van der Waals surface area contributed by atoms with Crippen LogP contribution in [0.3, 0.4) is 0 Å². The van der Waals surface area contributed by atoms with Gasteiger partial charge in [0.05, 0.1) is 6.42 Å². The Morgan fingerprint density at radius 2 is 1.57 bits per heavy atom. The molecule has 0 bridgehead atoms. The van der Waals surface area contributed by atoms with Crippen molar-refractivity contribution < 1.29 is 9.59 Å². The normalized spacial score (nSPS) is 11.7. The van der Waals surface area contributed by atoms with E-state index in [1.165, 1.54) is 0 Å². The van der Waals surface area contributed by atoms with Gasteiger partial charge in [0.2, 0.25) is 11.8 Å². The Balaban J connectivity index is 1.97. The van der Waals surface area contributed by atoms with E-state index < -0.39 is 6.04 Å². The molecule has 0 saturated heterocycles. The summed E-state index contributed by atoms with van der Waals surface area (Å²) < 4.78 is 0. The van der Waals surface area contributed by atoms with Crippen LogP contribution in [0.2, 0.25) is 0 Å². The number of hydrogen-bond donors (Lipinski definition) is 1. The maximum atomic E-state index is 13.9. The first kappa shape index (κ1) is 26.2. The number of unbranched alkanes of at least 4 members (excludes halogenated alkanes) is 1. The Hall–Kier alpha value is -3.40. The average Bonchev–Trinajstić information content (AvgIpc) is 2.84. The topological polar surface area (TPSA) is 49.4 Å². The van der Waals surface area contributed by atoms with E-state index in [0.717, 1.165) is 46.2 Å². The van der Waals surface area contributed by atoms with Gasteiger partial charge in [-0.05, 0) is 49.4 Å². The highest BCUT2D eigenvalue weighted by atomic mass is 16.2. The molecule has 0 spiro atoms. The molecule has 3 aromatic rings. The first-order valence-corrected chi connectivity index (χ1v) is 12.6. The molecule has 3 aromatic carbocycles. The van der Waals surface area contributed by atoms with Crippen LogP contribution < -0.4 is 5.32 Å². The summed E-state index contributed by atoms with van der Waals surface area (Å²) in [6.45, 7) is 9.23. The van der Waals surface area contributed by atoms with Crippen LogP contribution in [0.15, 0.2) is 72.8 Å². The Kier molecular flexibility index (Phi) is 9.66. The van der Waals surface area contributed by atoms with Gasteiger partial charge >= 0.3 is 0 Å². The van der Waals surface area contributed by atoms with Crippen molar-refractivity contribution in [1.82, 2.24) is 10.2 Å². The number of carbonyl (C=O) groups is 2. The number of nitrogens with one attached hydrogen (secondary N) is 1. The lowest BCUT2D eigenvalue weighted by Crippen LogP contribution is -2.51. The van der Waals surface area contributed by atoms with E-state index in [2.05, 4.69) is 36.5 Å². The Morgan fingerprint density at radius 1 is 0.857 bits per heavy atom. The van der Waals surface area contributed by atoms with Gasteiger partial charge in [-0.25, -0.2) is 0 Å². The van der Waals surface area contributed by atoms with E-state index in [0.29, 0.717) is 19.5 Å². The molecular formula is C31H38N2O2. The first-order chi connectivity index (χ1) is 16.9. The van der Waals surface area contributed by atoms with E-state index >= 15 is 0 Å². The van der Waals surface area contributed by atoms with Crippen LogP contribution in [0, 0.1) is 20.8 Å². The first-order valence-electron chi connectivity index (χ1n) is 12.6. The molecule has 0 radical (unpaired) electrons. The van der Waals surface area contributed by atoms with Crippen molar-refractivity contribution in [2.75, 3.05) is 6.54 Å². The number of nitrogens with zero attached hydrogens (tertiary/aromatic N) is 1. The molecule has 2 amide bonds. The summed E-state index contributed by atoms with van der Waals surface area (Å²) in [6, 6.07) is 23.7. The molecule has 1 atom stereocenters. The van der Waals surface area contributed by atoms with Crippen LogP contribution in [0.4, 0.5) is 0 Å². The van der Waals surface area contributed by atoms with E-state index in [1.807, 2.05) is 69.3 Å². The fourth-order valence-electron chi connectivity index (χ4n) is 4.32. The van der Waals surface area contributed by atoms with Crippen LogP contribution in [-0.2, 0) is 29.0 Å². The molecule has 0 unspecified atom stereocenters. The molecule has 1 N–H and O–H groups in total. The number of aryl methyl sites for hydroxylation is 3. The Labute approximate surface area is 210 Å². The maximum absolute atomic E-state index is 13.9. The summed E-state index contributed by atoms with van der Waals surface area (Å²) in [4.78, 5) is 29.2. The number of benzene rings is 3. The SMILES string of the molecule is CCCCNC(=O)[C@@H](Cc1ccccc1)N(Cc1cccc(C)c1)C(=O)Cc1cc(C)ccc1C. The van der Waals surface area contributed by atoms with Crippen LogP contribution in [0.1, 0.15) is 53.1 Å². The van der Waals surface area contributed by atoms with Gasteiger partial charge in [0.15, 0.2) is 0 Å². The predicted molar refractivity (Wildman–Crippen MR) is 143 cm³/mol. The minimum Gasteiger partial charge on any atom is -0.354 e. The van der Waals surface area contributed by atoms with Crippen molar-refractivity contribution >= 4 is 11.8 Å². The molecule has 0 saturated carbocycles. The van der Waals surface area contributed by atoms with Gasteiger partial charge in [0.1, 0.15) is 6.04 Å². The minimum atomic E-state index is -0.590. The molecule has 4 nitrogen and oxygen atoms in total. The lowest BCUT2D eigenvalue weighted by atomic mass is 9.99. The highest BCUT2D eigenvalue weighted by Crippen LogP contribution is 2.19. The van der Waals surface area contributed by atoms with Gasteiger partial charge in [0.25, 0.3) is 0 Å². The van der Waals surface area contributed by atoms with Crippen molar-refractivity contribution in [3.63, 3.8) is 0 Å². The quantitative estimate of drug-likeness (QED) is 0.365. The van der Waals surface area contributed by atoms with Gasteiger partial charge in [-0.15, -0.1) is 0 Å². The van der Waals surface area contributed by atoms with Crippen molar-refractivity contribution in [3.8, 4) is 0 Å². The second-order valence-corrected chi connectivity index (χ2v) is 9.47. The van der Waals surface area contributed by atoms with Gasteiger partial charge < -0.3 is 10.2 Å². The molecule has 0 aliphatic carbocycles. The lowest BCUT2D eigenvalue weighted by Gasteiger charge is -2.32. The summed E-state index contributed by atoms with van der Waals surface area (Å²) in [5.74, 6) is -0.129. The van der Waals surface area contributed by atoms with Crippen molar-refractivity contribution in [1.29, 1.82) is 0 Å². The van der Waals surface area contributed by atoms with E-state index in [1.54, 1.807) is 4.90 Å². The number of amides is 2. The monoisotopic (exact) mass is 470 g/mol. The molecular weight excluding hydrogens is 432 g/mol. The third kappa shape index (κ3) is 7.81. The second-order valence-electron chi connectivity index (χ2n) is 9.47. The molecule has 35 heavy (non-hydrogen) atoms. The predicted octanol–water partition coefficient (Wildman–Crippen LogP) is 5.71. The van der Waals surface area contributed by atoms with Gasteiger partial charge in [-0.3, -0.25) is 9.59 Å². The Bertz CT molecular complexity index is 1120. The molecule has 0 aliphatic rings. The van der Waals surface area contributed by atoms with Crippen molar-refractivity contribution in [2.45, 2.75) is 66.0 Å². The molecule has 184 valence electrons. The van der Waals surface area contributed by atoms with E-state index in [9.17, 15) is 9.59 Å². The summed E-state index contributed by atoms with van der Waals surface area (Å²) in [7, 11) is 0. The van der Waals surface area contributed by atoms with E-state index in [-0.39, 0.29) is 18.2 Å². The summed E-state index contributed by atoms with van der Waals surface area (Å²) in [6.07, 6.45) is 2.66. The molecule has 3 rings (SSSR count). The van der Waals surface area contributed by atoms with Gasteiger partial charge in [-0.2, -0.15) is 0 Å². The standard InChI is InChI=1S/C31H38N2O2/c1-5-6-17-32-31(35)29(20-26-12-8-7-9-13-26)33(22-27-14-10-11-23(2)18-27)30(34)21-28-19-24(3)15-16-25(28)4/h7-16,18-19,29H,5-6,17,20-22H2,1-4H3,(H,32,35)/t29-/m1/s1. The number of rotatable bonds is 11. The third-order valence-corrected chi connectivity index (χ3v) is 6.38. The number of hydrogen-bond acceptors (Lipinski definition) is 2. The smallest absolute Gasteiger partial charge is 0.243 e. The van der Waals surface area contributed by atoms with Crippen LogP contribution in [-0.4, -0.2) is 29.3 Å². The third-order valence-electron chi connectivity index (χ3n) is 6.38. The molecule has 0 aliphatic heterocycles. The van der Waals surface area contributed by atoms with Crippen LogP contribution in [0.5, 0.6) is 0 Å². The minimum absolute atomic E-state index is 0.0354. The lowest BCUT2D eigenvalue weighted by molar-refractivity contribution is -0.140. The molecule has 4 heteroatoms. The summed E-state index contributed by atoms with van der Waals surface area (Å²) >= 11 is 0. The zero-order chi connectivity index (χ0) is 25.2. The molecule has 0 heterocycles. The highest BCUT2D eigenvalue weighted by molar-refractivity contribution is 5.89. The average molecular weight is 471 g/mol. The zero-order valence-electron chi connectivity index (χ0n) is 21.5. The number of carbonyl (C=O) groups excluding carboxylic acids is 2. The second kappa shape index (κ2) is 12.9. The summed E-state index contributed by atoms with van der Waals surface area (Å²) in [5, 5.41) is 3.09. The highest BCUT2D eigenvalue weighted by Gasteiger charge is 2.30. The zero-order valence-corrected chi connectivity index (χ0v) is 21.5. The Morgan fingerprint density at radius 3 is 2.29 bits per heavy atom. The molecule has 0 fully saturated rings. The van der Waals surface area contributed by atoms with E-state index in [4.69, 9.17) is 0 Å².